The van der Waals surface area contributed by atoms with Crippen LogP contribution in [0, 0.1) is 0 Å². The van der Waals surface area contributed by atoms with Crippen LogP contribution in [0.1, 0.15) is 44.7 Å². The largest absolute Gasteiger partial charge is 0.464 e. The number of alkyl halides is 1. The van der Waals surface area contributed by atoms with Gasteiger partial charge in [0.15, 0.2) is 5.69 Å². The predicted octanol–water partition coefficient (Wildman–Crippen LogP) is 3.21. The number of amides is 1. The standard InChI is InChI=1S/C26H24FN3O7/c1-29-22(19-13-18(27)14-30(19)26(34)36-15-16-9-5-3-6-10-16)28-20(25(33)35-2)21(23(29)31)37-24(32)17-11-7-4-8-12-17/h3-12,18-19H,13-15H2,1-2H3/t18-,19+/m1/s1. The summed E-state index contributed by atoms with van der Waals surface area (Å²) >= 11 is 0. The summed E-state index contributed by atoms with van der Waals surface area (Å²) in [6, 6.07) is 15.8. The number of hydrogen-bond acceptors (Lipinski definition) is 8. The SMILES string of the molecule is COC(=O)c1nc([C@@H]2C[C@@H](F)CN2C(=O)OCc2ccccc2)n(C)c(=O)c1OC(=O)c1ccccc1. The number of ether oxygens (including phenoxy) is 3. The average molecular weight is 509 g/mol. The molecule has 0 saturated carbocycles. The predicted molar refractivity (Wildman–Crippen MR) is 128 cm³/mol. The van der Waals surface area contributed by atoms with E-state index in [-0.39, 0.29) is 31.0 Å². The molecule has 2 aromatic carbocycles. The molecule has 0 spiro atoms. The molecule has 1 amide bonds. The van der Waals surface area contributed by atoms with Crippen molar-refractivity contribution in [2.24, 2.45) is 7.05 Å². The van der Waals surface area contributed by atoms with Crippen molar-refractivity contribution in [3.63, 3.8) is 0 Å². The van der Waals surface area contributed by atoms with Crippen LogP contribution in [0.3, 0.4) is 0 Å². The Bertz CT molecular complexity index is 1360. The van der Waals surface area contributed by atoms with Crippen molar-refractivity contribution < 1.29 is 33.0 Å². The number of rotatable bonds is 6. The van der Waals surface area contributed by atoms with Gasteiger partial charge >= 0.3 is 18.0 Å². The van der Waals surface area contributed by atoms with E-state index in [0.29, 0.717) is 0 Å². The van der Waals surface area contributed by atoms with Gasteiger partial charge in [0.25, 0.3) is 5.56 Å². The highest BCUT2D eigenvalue weighted by Gasteiger charge is 2.41. The van der Waals surface area contributed by atoms with Gasteiger partial charge in [-0.1, -0.05) is 48.5 Å². The van der Waals surface area contributed by atoms with Gasteiger partial charge in [0, 0.05) is 13.5 Å². The highest BCUT2D eigenvalue weighted by Crippen LogP contribution is 2.33. The maximum atomic E-state index is 14.5. The molecule has 3 aromatic rings. The zero-order chi connectivity index (χ0) is 26.5. The molecular formula is C26H24FN3O7. The zero-order valence-electron chi connectivity index (χ0n) is 20.1. The lowest BCUT2D eigenvalue weighted by atomic mass is 10.2. The molecule has 1 aliphatic rings. The second-order valence-electron chi connectivity index (χ2n) is 8.30. The van der Waals surface area contributed by atoms with Crippen LogP contribution in [0.5, 0.6) is 5.75 Å². The molecule has 192 valence electrons. The molecule has 2 heterocycles. The molecule has 10 nitrogen and oxygen atoms in total. The topological polar surface area (TPSA) is 117 Å². The summed E-state index contributed by atoms with van der Waals surface area (Å²) in [5.74, 6) is -2.64. The Hall–Kier alpha value is -4.54. The van der Waals surface area contributed by atoms with Gasteiger partial charge in [-0.15, -0.1) is 0 Å². The molecule has 1 aliphatic heterocycles. The third kappa shape index (κ3) is 5.50. The summed E-state index contributed by atoms with van der Waals surface area (Å²) in [5, 5.41) is 0. The normalized spacial score (nSPS) is 16.8. The summed E-state index contributed by atoms with van der Waals surface area (Å²) in [6.07, 6.45) is -2.39. The van der Waals surface area contributed by atoms with Crippen molar-refractivity contribution in [2.75, 3.05) is 13.7 Å². The van der Waals surface area contributed by atoms with Gasteiger partial charge in [0.2, 0.25) is 5.75 Å². The maximum Gasteiger partial charge on any atom is 0.410 e. The van der Waals surface area contributed by atoms with Crippen molar-refractivity contribution in [3.05, 3.63) is 93.7 Å². The minimum Gasteiger partial charge on any atom is -0.464 e. The van der Waals surface area contributed by atoms with Crippen LogP contribution < -0.4 is 10.3 Å². The van der Waals surface area contributed by atoms with E-state index < -0.39 is 47.2 Å². The van der Waals surface area contributed by atoms with Crippen molar-refractivity contribution in [2.45, 2.75) is 25.2 Å². The zero-order valence-corrected chi connectivity index (χ0v) is 20.1. The summed E-state index contributed by atoms with van der Waals surface area (Å²) in [7, 11) is 2.40. The fourth-order valence-corrected chi connectivity index (χ4v) is 3.98. The highest BCUT2D eigenvalue weighted by atomic mass is 19.1. The Morgan fingerprint density at radius 1 is 1.03 bits per heavy atom. The molecule has 1 aromatic heterocycles. The molecule has 11 heteroatoms. The number of halogens is 1. The lowest BCUT2D eigenvalue weighted by Gasteiger charge is -2.25. The van der Waals surface area contributed by atoms with Crippen LogP contribution >= 0.6 is 0 Å². The quantitative estimate of drug-likeness (QED) is 0.465. The summed E-state index contributed by atoms with van der Waals surface area (Å²) in [4.78, 5) is 56.5. The minimum atomic E-state index is -1.41. The van der Waals surface area contributed by atoms with E-state index >= 15 is 0 Å². The van der Waals surface area contributed by atoms with Crippen molar-refractivity contribution in [3.8, 4) is 5.75 Å². The van der Waals surface area contributed by atoms with Crippen LogP contribution in [0.2, 0.25) is 0 Å². The van der Waals surface area contributed by atoms with Crippen LogP contribution in [0.15, 0.2) is 65.5 Å². The Labute approximate surface area is 211 Å². The van der Waals surface area contributed by atoms with E-state index in [1.807, 2.05) is 6.07 Å². The Kier molecular flexibility index (Phi) is 7.61. The minimum absolute atomic E-state index is 0.0337. The number of benzene rings is 2. The number of nitrogens with zero attached hydrogens (tertiary/aromatic N) is 3. The van der Waals surface area contributed by atoms with Gasteiger partial charge in [-0.05, 0) is 17.7 Å². The van der Waals surface area contributed by atoms with Crippen molar-refractivity contribution >= 4 is 18.0 Å². The summed E-state index contributed by atoms with van der Waals surface area (Å²) in [6.45, 7) is -0.319. The van der Waals surface area contributed by atoms with Gasteiger partial charge in [0.05, 0.1) is 25.3 Å². The van der Waals surface area contributed by atoms with Crippen LogP contribution in [-0.2, 0) is 23.1 Å². The molecule has 2 atom stereocenters. The molecule has 4 rings (SSSR count). The third-order valence-corrected chi connectivity index (χ3v) is 5.85. The molecule has 1 fully saturated rings. The number of likely N-dealkylation sites (tertiary alicyclic amines) is 1. The Balaban J connectivity index is 1.67. The van der Waals surface area contributed by atoms with Gasteiger partial charge in [-0.3, -0.25) is 14.3 Å². The van der Waals surface area contributed by atoms with E-state index in [1.54, 1.807) is 42.5 Å². The summed E-state index contributed by atoms with van der Waals surface area (Å²) < 4.78 is 30.9. The van der Waals surface area contributed by atoms with Gasteiger partial charge in [-0.2, -0.15) is 0 Å². The summed E-state index contributed by atoms with van der Waals surface area (Å²) in [5.41, 5.74) is -0.557. The van der Waals surface area contributed by atoms with E-state index in [1.165, 1.54) is 19.2 Å². The van der Waals surface area contributed by atoms with E-state index in [4.69, 9.17) is 14.2 Å². The third-order valence-electron chi connectivity index (χ3n) is 5.85. The first-order valence-corrected chi connectivity index (χ1v) is 11.4. The van der Waals surface area contributed by atoms with E-state index in [9.17, 15) is 23.6 Å². The number of methoxy groups -OCH3 is 1. The monoisotopic (exact) mass is 509 g/mol. The van der Waals surface area contributed by atoms with Gasteiger partial charge in [-0.25, -0.2) is 23.8 Å². The molecule has 0 unspecified atom stereocenters. The maximum absolute atomic E-state index is 14.5. The van der Waals surface area contributed by atoms with E-state index in [0.717, 1.165) is 22.1 Å². The second kappa shape index (κ2) is 11.0. The molecule has 0 N–H and O–H groups in total. The Morgan fingerprint density at radius 2 is 1.68 bits per heavy atom. The van der Waals surface area contributed by atoms with Gasteiger partial charge in [0.1, 0.15) is 18.6 Å². The number of esters is 2. The smallest absolute Gasteiger partial charge is 0.410 e. The fraction of sp³-hybridized carbons (Fsp3) is 0.269. The first-order chi connectivity index (χ1) is 17.8. The second-order valence-corrected chi connectivity index (χ2v) is 8.30. The molecule has 0 bridgehead atoms. The average Bonchev–Trinajstić information content (AvgIpc) is 3.32. The number of carbonyl (C=O) groups excluding carboxylic acids is 3. The van der Waals surface area contributed by atoms with Crippen molar-refractivity contribution in [1.82, 2.24) is 14.5 Å². The van der Waals surface area contributed by atoms with Crippen LogP contribution in [0.4, 0.5) is 9.18 Å². The highest BCUT2D eigenvalue weighted by molar-refractivity contribution is 5.94. The van der Waals surface area contributed by atoms with Crippen LogP contribution in [-0.4, -0.2) is 52.3 Å². The number of carbonyl (C=O) groups is 3. The molecule has 0 radical (unpaired) electrons. The number of hydrogen-bond donors (Lipinski definition) is 0. The fourth-order valence-electron chi connectivity index (χ4n) is 3.98. The van der Waals surface area contributed by atoms with E-state index in [2.05, 4.69) is 4.98 Å². The number of aromatic nitrogens is 2. The molecular weight excluding hydrogens is 485 g/mol. The molecule has 0 aliphatic carbocycles. The molecule has 37 heavy (non-hydrogen) atoms. The molecule has 1 saturated heterocycles. The first kappa shape index (κ1) is 25.5. The Morgan fingerprint density at radius 3 is 2.32 bits per heavy atom. The first-order valence-electron chi connectivity index (χ1n) is 11.4. The van der Waals surface area contributed by atoms with Crippen LogP contribution in [0.25, 0.3) is 0 Å². The van der Waals surface area contributed by atoms with Crippen molar-refractivity contribution in [1.29, 1.82) is 0 Å². The van der Waals surface area contributed by atoms with Gasteiger partial charge < -0.3 is 14.2 Å². The lowest BCUT2D eigenvalue weighted by Crippen LogP contribution is -2.37. The lowest BCUT2D eigenvalue weighted by molar-refractivity contribution is 0.0582.